The number of ether oxygens (including phenoxy) is 1. The van der Waals surface area contributed by atoms with Crippen LogP contribution in [0.1, 0.15) is 10.4 Å². The third-order valence-electron chi connectivity index (χ3n) is 4.23. The lowest BCUT2D eigenvalue weighted by atomic mass is 10.2. The minimum atomic E-state index is -0.589. The summed E-state index contributed by atoms with van der Waals surface area (Å²) in [7, 11) is 0. The Morgan fingerprint density at radius 1 is 1.00 bits per heavy atom. The number of carbonyl (C=O) groups is 2. The molecule has 0 bridgehead atoms. The Hall–Kier alpha value is -3.64. The monoisotopic (exact) mass is 405 g/mol. The van der Waals surface area contributed by atoms with E-state index in [0.29, 0.717) is 27.6 Å². The molecule has 3 aromatic carbocycles. The van der Waals surface area contributed by atoms with Gasteiger partial charge in [-0.1, -0.05) is 41.9 Å². The van der Waals surface area contributed by atoms with Crippen molar-refractivity contribution in [3.05, 3.63) is 83.4 Å². The maximum absolute atomic E-state index is 12.3. The van der Waals surface area contributed by atoms with E-state index in [0.717, 1.165) is 11.1 Å². The maximum atomic E-state index is 12.3. The highest BCUT2D eigenvalue weighted by molar-refractivity contribution is 6.30. The van der Waals surface area contributed by atoms with Gasteiger partial charge >= 0.3 is 5.97 Å². The van der Waals surface area contributed by atoms with E-state index < -0.39 is 18.5 Å². The van der Waals surface area contributed by atoms with Crippen molar-refractivity contribution in [3.63, 3.8) is 0 Å². The first-order valence-corrected chi connectivity index (χ1v) is 9.24. The van der Waals surface area contributed by atoms with Crippen LogP contribution in [0.25, 0.3) is 22.4 Å². The highest BCUT2D eigenvalue weighted by Crippen LogP contribution is 2.21. The van der Waals surface area contributed by atoms with Crippen molar-refractivity contribution in [3.8, 4) is 11.4 Å². The number of carbonyl (C=O) groups excluding carboxylic acids is 2. The number of rotatable bonds is 5. The lowest BCUT2D eigenvalue weighted by Gasteiger charge is -2.07. The Bertz CT molecular complexity index is 1170. The van der Waals surface area contributed by atoms with Gasteiger partial charge < -0.3 is 15.0 Å². The van der Waals surface area contributed by atoms with Crippen molar-refractivity contribution in [1.29, 1.82) is 0 Å². The minimum Gasteiger partial charge on any atom is -0.452 e. The molecule has 0 fully saturated rings. The highest BCUT2D eigenvalue weighted by atomic mass is 35.5. The molecule has 0 radical (unpaired) electrons. The number of hydrogen-bond donors (Lipinski definition) is 2. The number of nitrogens with one attached hydrogen (secondary N) is 2. The summed E-state index contributed by atoms with van der Waals surface area (Å²) in [6.07, 6.45) is 0. The van der Waals surface area contributed by atoms with Gasteiger partial charge in [0.05, 0.1) is 16.6 Å². The van der Waals surface area contributed by atoms with Crippen LogP contribution in [0.15, 0.2) is 72.8 Å². The van der Waals surface area contributed by atoms with E-state index in [1.807, 2.05) is 30.3 Å². The summed E-state index contributed by atoms with van der Waals surface area (Å²) in [6.45, 7) is -0.391. The van der Waals surface area contributed by atoms with Crippen LogP contribution in [-0.4, -0.2) is 28.5 Å². The summed E-state index contributed by atoms with van der Waals surface area (Å²) in [6, 6.07) is 21.4. The molecule has 4 rings (SSSR count). The molecule has 1 amide bonds. The van der Waals surface area contributed by atoms with Gasteiger partial charge in [-0.05, 0) is 42.5 Å². The van der Waals surface area contributed by atoms with Crippen LogP contribution < -0.4 is 5.32 Å². The van der Waals surface area contributed by atoms with Crippen molar-refractivity contribution in [2.24, 2.45) is 0 Å². The van der Waals surface area contributed by atoms with Gasteiger partial charge in [0, 0.05) is 16.3 Å². The lowest BCUT2D eigenvalue weighted by Crippen LogP contribution is -2.20. The first-order valence-electron chi connectivity index (χ1n) is 8.86. The van der Waals surface area contributed by atoms with Gasteiger partial charge in [0.2, 0.25) is 0 Å². The zero-order chi connectivity index (χ0) is 20.2. The number of benzene rings is 3. The Labute approximate surface area is 171 Å². The van der Waals surface area contributed by atoms with Crippen LogP contribution in [-0.2, 0) is 9.53 Å². The summed E-state index contributed by atoms with van der Waals surface area (Å²) in [5.41, 5.74) is 3.30. The number of halogens is 1. The van der Waals surface area contributed by atoms with E-state index in [2.05, 4.69) is 15.3 Å². The molecule has 0 atom stereocenters. The molecule has 0 saturated carbocycles. The van der Waals surface area contributed by atoms with Crippen molar-refractivity contribution in [2.45, 2.75) is 0 Å². The predicted octanol–water partition coefficient (Wildman–Crippen LogP) is 4.68. The van der Waals surface area contributed by atoms with E-state index in [1.54, 1.807) is 42.5 Å². The number of esters is 1. The molecule has 29 heavy (non-hydrogen) atoms. The Morgan fingerprint density at radius 3 is 2.52 bits per heavy atom. The summed E-state index contributed by atoms with van der Waals surface area (Å²) in [4.78, 5) is 32.0. The summed E-state index contributed by atoms with van der Waals surface area (Å²) in [5.74, 6) is -0.308. The number of aromatic nitrogens is 2. The largest absolute Gasteiger partial charge is 0.452 e. The maximum Gasteiger partial charge on any atom is 0.338 e. The Morgan fingerprint density at radius 2 is 1.76 bits per heavy atom. The molecule has 0 aliphatic rings. The molecular formula is C22H16ClN3O3. The second-order valence-corrected chi connectivity index (χ2v) is 6.75. The Kier molecular flexibility index (Phi) is 5.27. The Balaban J connectivity index is 1.41. The highest BCUT2D eigenvalue weighted by Gasteiger charge is 2.13. The van der Waals surface area contributed by atoms with E-state index in [1.165, 1.54) is 0 Å². The second kappa shape index (κ2) is 8.16. The zero-order valence-corrected chi connectivity index (χ0v) is 15.9. The third-order valence-corrected chi connectivity index (χ3v) is 4.48. The lowest BCUT2D eigenvalue weighted by molar-refractivity contribution is -0.119. The number of amides is 1. The van der Waals surface area contributed by atoms with Crippen molar-refractivity contribution in [1.82, 2.24) is 9.97 Å². The number of imidazole rings is 1. The standard InChI is InChI=1S/C22H16ClN3O3/c23-16-7-9-17(10-8-16)24-20(27)13-29-22(28)15-6-11-18-19(12-15)26-21(25-18)14-4-2-1-3-5-14/h1-12H,13H2,(H,24,27)(H,25,26). The summed E-state index contributed by atoms with van der Waals surface area (Å²) < 4.78 is 5.11. The van der Waals surface area contributed by atoms with Crippen LogP contribution in [0.4, 0.5) is 5.69 Å². The van der Waals surface area contributed by atoms with Gasteiger partial charge in [-0.25, -0.2) is 9.78 Å². The summed E-state index contributed by atoms with van der Waals surface area (Å²) >= 11 is 5.81. The molecule has 0 spiro atoms. The van der Waals surface area contributed by atoms with Crippen LogP contribution in [0.5, 0.6) is 0 Å². The fourth-order valence-electron chi connectivity index (χ4n) is 2.81. The average Bonchev–Trinajstić information content (AvgIpc) is 3.18. The van der Waals surface area contributed by atoms with E-state index in [-0.39, 0.29) is 0 Å². The van der Waals surface area contributed by atoms with E-state index >= 15 is 0 Å². The summed E-state index contributed by atoms with van der Waals surface area (Å²) in [5, 5.41) is 3.20. The number of fused-ring (bicyclic) bond motifs is 1. The molecule has 2 N–H and O–H groups in total. The van der Waals surface area contributed by atoms with Crippen LogP contribution in [0.2, 0.25) is 5.02 Å². The van der Waals surface area contributed by atoms with Gasteiger partial charge in [0.15, 0.2) is 6.61 Å². The van der Waals surface area contributed by atoms with Crippen LogP contribution in [0.3, 0.4) is 0 Å². The smallest absolute Gasteiger partial charge is 0.338 e. The second-order valence-electron chi connectivity index (χ2n) is 6.31. The zero-order valence-electron chi connectivity index (χ0n) is 15.2. The first kappa shape index (κ1) is 18.7. The van der Waals surface area contributed by atoms with Crippen molar-refractivity contribution < 1.29 is 14.3 Å². The predicted molar refractivity (Wildman–Crippen MR) is 112 cm³/mol. The van der Waals surface area contributed by atoms with Crippen molar-refractivity contribution >= 4 is 40.2 Å². The minimum absolute atomic E-state index is 0.333. The fraction of sp³-hybridized carbons (Fsp3) is 0.0455. The molecule has 0 saturated heterocycles. The van der Waals surface area contributed by atoms with Gasteiger partial charge in [-0.15, -0.1) is 0 Å². The number of aromatic amines is 1. The molecule has 144 valence electrons. The van der Waals surface area contributed by atoms with Crippen LogP contribution in [0, 0.1) is 0 Å². The number of anilines is 1. The normalized spacial score (nSPS) is 10.7. The molecule has 0 aliphatic heterocycles. The number of H-pyrrole nitrogens is 1. The van der Waals surface area contributed by atoms with Gasteiger partial charge in [0.1, 0.15) is 5.82 Å². The quantitative estimate of drug-likeness (QED) is 0.472. The molecule has 4 aromatic rings. The molecule has 6 nitrogen and oxygen atoms in total. The molecule has 0 aliphatic carbocycles. The van der Waals surface area contributed by atoms with Gasteiger partial charge in [0.25, 0.3) is 5.91 Å². The average molecular weight is 406 g/mol. The van der Waals surface area contributed by atoms with E-state index in [9.17, 15) is 9.59 Å². The molecular weight excluding hydrogens is 390 g/mol. The van der Waals surface area contributed by atoms with Gasteiger partial charge in [-0.3, -0.25) is 4.79 Å². The van der Waals surface area contributed by atoms with Crippen LogP contribution >= 0.6 is 11.6 Å². The first-order chi connectivity index (χ1) is 14.1. The molecule has 7 heteroatoms. The molecule has 0 unspecified atom stereocenters. The van der Waals surface area contributed by atoms with Gasteiger partial charge in [-0.2, -0.15) is 0 Å². The SMILES string of the molecule is O=C(COC(=O)c1ccc2nc(-c3ccccc3)[nH]c2c1)Nc1ccc(Cl)cc1. The molecule has 1 aromatic heterocycles. The van der Waals surface area contributed by atoms with E-state index in [4.69, 9.17) is 16.3 Å². The number of nitrogens with zero attached hydrogens (tertiary/aromatic N) is 1. The molecule has 1 heterocycles. The third kappa shape index (κ3) is 4.44. The topological polar surface area (TPSA) is 84.1 Å². The fourth-order valence-corrected chi connectivity index (χ4v) is 2.94. The van der Waals surface area contributed by atoms with Crippen molar-refractivity contribution in [2.75, 3.05) is 11.9 Å². The number of hydrogen-bond acceptors (Lipinski definition) is 4.